The molecule has 1 fully saturated rings. The van der Waals surface area contributed by atoms with Gasteiger partial charge in [-0.15, -0.1) is 11.3 Å². The number of hydrogen-bond acceptors (Lipinski definition) is 4. The van der Waals surface area contributed by atoms with Gasteiger partial charge in [0.05, 0.1) is 5.69 Å². The maximum atomic E-state index is 4.67. The van der Waals surface area contributed by atoms with Crippen molar-refractivity contribution >= 4 is 22.1 Å². The number of thiazole rings is 1. The lowest BCUT2D eigenvalue weighted by atomic mass is 10.1. The molecular weight excluding hydrogens is 208 g/mol. The smallest absolute Gasteiger partial charge is 0.208 e. The molecule has 3 heterocycles. The lowest BCUT2D eigenvalue weighted by Crippen LogP contribution is -2.08. The molecule has 4 nitrogen and oxygen atoms in total. The van der Waals surface area contributed by atoms with Gasteiger partial charge in [-0.25, -0.2) is 4.98 Å². The maximum absolute atomic E-state index is 4.67. The van der Waals surface area contributed by atoms with E-state index in [-0.39, 0.29) is 0 Å². The van der Waals surface area contributed by atoms with Gasteiger partial charge in [0.15, 0.2) is 0 Å². The number of imidazole rings is 1. The number of anilines is 1. The van der Waals surface area contributed by atoms with E-state index in [0.29, 0.717) is 5.92 Å². The van der Waals surface area contributed by atoms with Crippen molar-refractivity contribution in [2.45, 2.75) is 12.3 Å². The van der Waals surface area contributed by atoms with Crippen molar-refractivity contribution in [2.24, 2.45) is 0 Å². The van der Waals surface area contributed by atoms with Crippen LogP contribution in [0.2, 0.25) is 0 Å². The van der Waals surface area contributed by atoms with Crippen LogP contribution in [0.25, 0.3) is 4.83 Å². The van der Waals surface area contributed by atoms with Crippen LogP contribution < -0.4 is 10.6 Å². The highest BCUT2D eigenvalue weighted by Crippen LogP contribution is 2.30. The summed E-state index contributed by atoms with van der Waals surface area (Å²) in [4.78, 5) is 5.96. The number of rotatable bonds is 2. The first kappa shape index (κ1) is 9.18. The molecule has 5 heteroatoms. The van der Waals surface area contributed by atoms with Crippen LogP contribution in [-0.4, -0.2) is 29.5 Å². The quantitative estimate of drug-likeness (QED) is 0.809. The summed E-state index contributed by atoms with van der Waals surface area (Å²) in [5, 5.41) is 8.64. The topological polar surface area (TPSA) is 41.4 Å². The van der Waals surface area contributed by atoms with E-state index in [4.69, 9.17) is 0 Å². The molecule has 3 rings (SSSR count). The van der Waals surface area contributed by atoms with Gasteiger partial charge in [-0.1, -0.05) is 0 Å². The van der Waals surface area contributed by atoms with Crippen molar-refractivity contribution in [1.82, 2.24) is 14.7 Å². The van der Waals surface area contributed by atoms with E-state index >= 15 is 0 Å². The van der Waals surface area contributed by atoms with E-state index in [0.717, 1.165) is 19.0 Å². The zero-order valence-corrected chi connectivity index (χ0v) is 9.47. The highest BCUT2D eigenvalue weighted by molar-refractivity contribution is 7.15. The molecule has 0 radical (unpaired) electrons. The lowest BCUT2D eigenvalue weighted by molar-refractivity contribution is 0.748. The van der Waals surface area contributed by atoms with Crippen molar-refractivity contribution in [3.05, 3.63) is 17.3 Å². The van der Waals surface area contributed by atoms with Crippen molar-refractivity contribution in [2.75, 3.05) is 25.5 Å². The molecule has 1 aliphatic heterocycles. The number of fused-ring (bicyclic) bond motifs is 1. The van der Waals surface area contributed by atoms with Crippen LogP contribution in [0, 0.1) is 0 Å². The molecule has 0 bridgehead atoms. The third kappa shape index (κ3) is 1.34. The Morgan fingerprint density at radius 1 is 1.67 bits per heavy atom. The maximum Gasteiger partial charge on any atom is 0.208 e. The van der Waals surface area contributed by atoms with Crippen LogP contribution in [0.15, 0.2) is 11.6 Å². The minimum Gasteiger partial charge on any atom is -0.358 e. The molecule has 0 spiro atoms. The van der Waals surface area contributed by atoms with Gasteiger partial charge in [-0.3, -0.25) is 4.40 Å². The van der Waals surface area contributed by atoms with E-state index in [1.54, 1.807) is 11.3 Å². The highest BCUT2D eigenvalue weighted by Gasteiger charge is 2.23. The summed E-state index contributed by atoms with van der Waals surface area (Å²) in [5.41, 5.74) is 1.25. The average Bonchev–Trinajstić information content (AvgIpc) is 2.94. The predicted molar refractivity (Wildman–Crippen MR) is 62.8 cm³/mol. The molecule has 1 unspecified atom stereocenters. The molecule has 0 amide bonds. The molecule has 0 aliphatic carbocycles. The predicted octanol–water partition coefficient (Wildman–Crippen LogP) is 1.51. The Kier molecular flexibility index (Phi) is 2.14. The second-order valence-electron chi connectivity index (χ2n) is 3.84. The second kappa shape index (κ2) is 3.50. The van der Waals surface area contributed by atoms with Crippen LogP contribution in [0.4, 0.5) is 5.95 Å². The summed E-state index contributed by atoms with van der Waals surface area (Å²) in [6.45, 7) is 2.18. The largest absolute Gasteiger partial charge is 0.358 e. The van der Waals surface area contributed by atoms with E-state index in [1.807, 2.05) is 7.05 Å². The first-order chi connectivity index (χ1) is 7.40. The van der Waals surface area contributed by atoms with Crippen LogP contribution in [0.1, 0.15) is 18.0 Å². The minimum atomic E-state index is 0.584. The molecule has 80 valence electrons. The van der Waals surface area contributed by atoms with E-state index in [1.165, 1.54) is 16.9 Å². The summed E-state index contributed by atoms with van der Waals surface area (Å²) in [7, 11) is 1.92. The van der Waals surface area contributed by atoms with Gasteiger partial charge in [0.25, 0.3) is 0 Å². The molecular formula is C10H14N4S. The van der Waals surface area contributed by atoms with Crippen molar-refractivity contribution in [3.8, 4) is 0 Å². The standard InChI is InChI=1S/C10H14N4S/c1-11-10-13-8(7-2-3-12-6-7)9-14(10)4-5-15-9/h4-5,7,12H,2-3,6H2,1H3,(H,11,13). The fraction of sp³-hybridized carbons (Fsp3) is 0.500. The van der Waals surface area contributed by atoms with E-state index < -0.39 is 0 Å². The first-order valence-corrected chi connectivity index (χ1v) is 6.12. The third-order valence-electron chi connectivity index (χ3n) is 2.95. The van der Waals surface area contributed by atoms with Gasteiger partial charge in [0.2, 0.25) is 5.95 Å². The zero-order valence-electron chi connectivity index (χ0n) is 8.66. The van der Waals surface area contributed by atoms with Crippen molar-refractivity contribution < 1.29 is 0 Å². The van der Waals surface area contributed by atoms with Crippen molar-refractivity contribution in [3.63, 3.8) is 0 Å². The Labute approximate surface area is 92.3 Å². The number of nitrogens with zero attached hydrogens (tertiary/aromatic N) is 2. The summed E-state index contributed by atoms with van der Waals surface area (Å²) >= 11 is 1.77. The molecule has 2 N–H and O–H groups in total. The SMILES string of the molecule is CNc1nc(C2CCNC2)c2sccn12. The molecule has 15 heavy (non-hydrogen) atoms. The highest BCUT2D eigenvalue weighted by atomic mass is 32.1. The monoisotopic (exact) mass is 222 g/mol. The van der Waals surface area contributed by atoms with Crippen LogP contribution in [0.5, 0.6) is 0 Å². The van der Waals surface area contributed by atoms with Gasteiger partial charge < -0.3 is 10.6 Å². The minimum absolute atomic E-state index is 0.584. The first-order valence-electron chi connectivity index (χ1n) is 5.24. The van der Waals surface area contributed by atoms with Gasteiger partial charge in [0.1, 0.15) is 4.83 Å². The Balaban J connectivity index is 2.12. The molecule has 1 aliphatic rings. The molecule has 1 saturated heterocycles. The lowest BCUT2D eigenvalue weighted by Gasteiger charge is -2.02. The Morgan fingerprint density at radius 3 is 3.33 bits per heavy atom. The van der Waals surface area contributed by atoms with Gasteiger partial charge in [0, 0.05) is 31.1 Å². The summed E-state index contributed by atoms with van der Waals surface area (Å²) in [5.74, 6) is 1.54. The second-order valence-corrected chi connectivity index (χ2v) is 4.73. The fourth-order valence-corrected chi connectivity index (χ4v) is 3.08. The van der Waals surface area contributed by atoms with Gasteiger partial charge >= 0.3 is 0 Å². The van der Waals surface area contributed by atoms with Crippen LogP contribution in [-0.2, 0) is 0 Å². The van der Waals surface area contributed by atoms with Crippen LogP contribution in [0.3, 0.4) is 0 Å². The summed E-state index contributed by atoms with van der Waals surface area (Å²) in [6.07, 6.45) is 3.28. The molecule has 1 atom stereocenters. The average molecular weight is 222 g/mol. The van der Waals surface area contributed by atoms with Crippen LogP contribution >= 0.6 is 11.3 Å². The van der Waals surface area contributed by atoms with E-state index in [2.05, 4.69) is 31.6 Å². The Bertz CT molecular complexity index is 467. The van der Waals surface area contributed by atoms with Crippen molar-refractivity contribution in [1.29, 1.82) is 0 Å². The van der Waals surface area contributed by atoms with Gasteiger partial charge in [-0.05, 0) is 13.0 Å². The number of nitrogens with one attached hydrogen (secondary N) is 2. The zero-order chi connectivity index (χ0) is 10.3. The van der Waals surface area contributed by atoms with E-state index in [9.17, 15) is 0 Å². The summed E-state index contributed by atoms with van der Waals surface area (Å²) in [6, 6.07) is 0. The molecule has 0 aromatic carbocycles. The Hall–Kier alpha value is -1.07. The summed E-state index contributed by atoms with van der Waals surface area (Å²) < 4.78 is 2.14. The molecule has 2 aromatic rings. The molecule has 2 aromatic heterocycles. The van der Waals surface area contributed by atoms with Gasteiger partial charge in [-0.2, -0.15) is 0 Å². The number of hydrogen-bond donors (Lipinski definition) is 2. The third-order valence-corrected chi connectivity index (χ3v) is 3.84. The Morgan fingerprint density at radius 2 is 2.60 bits per heavy atom. The molecule has 0 saturated carbocycles. The fourth-order valence-electron chi connectivity index (χ4n) is 2.18. The number of aromatic nitrogens is 2. The normalized spacial score (nSPS) is 21.3.